The third kappa shape index (κ3) is 4.97. The minimum Gasteiger partial charge on any atom is -0.370 e. The van der Waals surface area contributed by atoms with E-state index in [1.807, 2.05) is 11.8 Å². The number of nitrogens with one attached hydrogen (secondary N) is 1. The normalized spacial score (nSPS) is 12.0. The van der Waals surface area contributed by atoms with Crippen LogP contribution in [0, 0.1) is 12.8 Å². The summed E-state index contributed by atoms with van der Waals surface area (Å²) in [6, 6.07) is 0. The van der Waals surface area contributed by atoms with Crippen LogP contribution in [0.3, 0.4) is 0 Å². The first-order valence-corrected chi connectivity index (χ1v) is 8.50. The van der Waals surface area contributed by atoms with E-state index in [1.54, 1.807) is 0 Å². The van der Waals surface area contributed by atoms with Gasteiger partial charge in [-0.3, -0.25) is 0 Å². The lowest BCUT2D eigenvalue weighted by molar-refractivity contribution is 0.538. The molecule has 0 atom stereocenters. The van der Waals surface area contributed by atoms with E-state index < -0.39 is 0 Å². The molecule has 0 aliphatic heterocycles. The van der Waals surface area contributed by atoms with Gasteiger partial charge in [0.05, 0.1) is 0 Å². The van der Waals surface area contributed by atoms with E-state index in [1.165, 1.54) is 5.56 Å². The average Bonchev–Trinajstić information content (AvgIpc) is 2.34. The maximum absolute atomic E-state index is 4.80. The largest absolute Gasteiger partial charge is 0.370 e. The fourth-order valence-corrected chi connectivity index (χ4v) is 2.59. The maximum Gasteiger partial charge on any atom is 0.137 e. The number of rotatable bonds is 6. The molecule has 3 nitrogen and oxygen atoms in total. The molecule has 1 aromatic heterocycles. The van der Waals surface area contributed by atoms with Crippen molar-refractivity contribution in [1.29, 1.82) is 0 Å². The van der Waals surface area contributed by atoms with Crippen LogP contribution in [-0.2, 0) is 5.41 Å². The zero-order valence-corrected chi connectivity index (χ0v) is 14.8. The van der Waals surface area contributed by atoms with Crippen molar-refractivity contribution in [3.05, 3.63) is 11.4 Å². The second-order valence-electron chi connectivity index (χ2n) is 6.71. The smallest absolute Gasteiger partial charge is 0.137 e. The molecular formula is C16H29N3S. The topological polar surface area (TPSA) is 37.8 Å². The molecule has 114 valence electrons. The van der Waals surface area contributed by atoms with Gasteiger partial charge in [-0.1, -0.05) is 41.5 Å². The molecule has 0 saturated carbocycles. The number of hydrogen-bond donors (Lipinski definition) is 1. The van der Waals surface area contributed by atoms with Crippen molar-refractivity contribution in [3.63, 3.8) is 0 Å². The van der Waals surface area contributed by atoms with E-state index in [-0.39, 0.29) is 5.41 Å². The molecule has 0 aliphatic rings. The molecule has 0 unspecified atom stereocenters. The first-order valence-electron chi connectivity index (χ1n) is 7.51. The van der Waals surface area contributed by atoms with Crippen LogP contribution >= 0.6 is 11.8 Å². The number of anilines is 1. The maximum atomic E-state index is 4.80. The molecule has 0 radical (unpaired) electrons. The quantitative estimate of drug-likeness (QED) is 0.612. The molecule has 1 N–H and O–H groups in total. The van der Waals surface area contributed by atoms with E-state index in [4.69, 9.17) is 9.97 Å². The van der Waals surface area contributed by atoms with E-state index in [0.717, 1.165) is 35.4 Å². The Kier molecular flexibility index (Phi) is 6.31. The fourth-order valence-electron chi connectivity index (χ4n) is 1.63. The molecule has 0 aromatic carbocycles. The van der Waals surface area contributed by atoms with Crippen molar-refractivity contribution < 1.29 is 0 Å². The summed E-state index contributed by atoms with van der Waals surface area (Å²) >= 11 is 1.84. The molecule has 1 heterocycles. The molecule has 0 spiro atoms. The van der Waals surface area contributed by atoms with Crippen molar-refractivity contribution in [2.24, 2.45) is 5.92 Å². The minimum absolute atomic E-state index is 0.0243. The SMILES string of the molecule is CCCNc1nc(C(C)(C)C)nc(SCC(C)C)c1C. The lowest BCUT2D eigenvalue weighted by Gasteiger charge is -2.21. The second-order valence-corrected chi connectivity index (χ2v) is 7.72. The van der Waals surface area contributed by atoms with Crippen LogP contribution in [0.25, 0.3) is 0 Å². The Hall–Kier alpha value is -0.770. The third-order valence-electron chi connectivity index (χ3n) is 2.87. The first-order chi connectivity index (χ1) is 9.25. The van der Waals surface area contributed by atoms with Crippen LogP contribution in [0.5, 0.6) is 0 Å². The van der Waals surface area contributed by atoms with E-state index in [9.17, 15) is 0 Å². The van der Waals surface area contributed by atoms with Crippen LogP contribution in [0.2, 0.25) is 0 Å². The molecule has 1 rings (SSSR count). The van der Waals surface area contributed by atoms with E-state index in [2.05, 4.69) is 53.8 Å². The Morgan fingerprint density at radius 1 is 1.20 bits per heavy atom. The molecule has 0 fully saturated rings. The van der Waals surface area contributed by atoms with Crippen molar-refractivity contribution in [2.75, 3.05) is 17.6 Å². The number of thioether (sulfide) groups is 1. The van der Waals surface area contributed by atoms with Gasteiger partial charge in [-0.2, -0.15) is 0 Å². The first kappa shape index (κ1) is 17.3. The summed E-state index contributed by atoms with van der Waals surface area (Å²) in [5.41, 5.74) is 1.15. The number of hydrogen-bond acceptors (Lipinski definition) is 4. The van der Waals surface area contributed by atoms with Gasteiger partial charge in [-0.05, 0) is 19.3 Å². The number of aromatic nitrogens is 2. The van der Waals surface area contributed by atoms with Crippen molar-refractivity contribution >= 4 is 17.6 Å². The fraction of sp³-hybridized carbons (Fsp3) is 0.750. The Bertz CT molecular complexity index is 436. The zero-order valence-electron chi connectivity index (χ0n) is 14.0. The van der Waals surface area contributed by atoms with Gasteiger partial charge in [0.2, 0.25) is 0 Å². The van der Waals surface area contributed by atoms with Gasteiger partial charge < -0.3 is 5.32 Å². The number of nitrogens with zero attached hydrogens (tertiary/aromatic N) is 2. The van der Waals surface area contributed by atoms with Crippen LogP contribution in [0.4, 0.5) is 5.82 Å². The standard InChI is InChI=1S/C16H29N3S/c1-8-9-17-13-12(4)14(20-10-11(2)3)19-15(18-13)16(5,6)7/h11H,8-10H2,1-7H3,(H,17,18,19). The van der Waals surface area contributed by atoms with Gasteiger partial charge in [0.25, 0.3) is 0 Å². The Labute approximate surface area is 128 Å². The summed E-state index contributed by atoms with van der Waals surface area (Å²) in [7, 11) is 0. The summed E-state index contributed by atoms with van der Waals surface area (Å²) in [4.78, 5) is 9.53. The monoisotopic (exact) mass is 295 g/mol. The highest BCUT2D eigenvalue weighted by molar-refractivity contribution is 7.99. The Morgan fingerprint density at radius 2 is 1.85 bits per heavy atom. The van der Waals surface area contributed by atoms with Gasteiger partial charge in [0.15, 0.2) is 0 Å². The van der Waals surface area contributed by atoms with E-state index >= 15 is 0 Å². The molecular weight excluding hydrogens is 266 g/mol. The minimum atomic E-state index is -0.0243. The highest BCUT2D eigenvalue weighted by atomic mass is 32.2. The van der Waals surface area contributed by atoms with Gasteiger partial charge in [0, 0.05) is 23.3 Å². The van der Waals surface area contributed by atoms with Crippen LogP contribution < -0.4 is 5.32 Å². The predicted octanol–water partition coefficient (Wildman–Crippen LogP) is 4.65. The summed E-state index contributed by atoms with van der Waals surface area (Å²) in [5.74, 6) is 3.68. The van der Waals surface area contributed by atoms with Crippen LogP contribution in [0.15, 0.2) is 5.03 Å². The molecule has 0 saturated heterocycles. The highest BCUT2D eigenvalue weighted by Gasteiger charge is 2.21. The summed E-state index contributed by atoms with van der Waals surface area (Å²) < 4.78 is 0. The lowest BCUT2D eigenvalue weighted by Crippen LogP contribution is -2.19. The van der Waals surface area contributed by atoms with Crippen molar-refractivity contribution in [3.8, 4) is 0 Å². The predicted molar refractivity (Wildman–Crippen MR) is 89.8 cm³/mol. The molecule has 1 aromatic rings. The Morgan fingerprint density at radius 3 is 2.35 bits per heavy atom. The zero-order chi connectivity index (χ0) is 15.3. The average molecular weight is 295 g/mol. The van der Waals surface area contributed by atoms with Crippen molar-refractivity contribution in [2.45, 2.75) is 65.3 Å². The third-order valence-corrected chi connectivity index (χ3v) is 4.37. The summed E-state index contributed by atoms with van der Waals surface area (Å²) in [5, 5.41) is 4.56. The molecule has 0 bridgehead atoms. The summed E-state index contributed by atoms with van der Waals surface area (Å²) in [6.45, 7) is 16.2. The van der Waals surface area contributed by atoms with Crippen LogP contribution in [0.1, 0.15) is 59.4 Å². The molecule has 20 heavy (non-hydrogen) atoms. The van der Waals surface area contributed by atoms with Gasteiger partial charge >= 0.3 is 0 Å². The van der Waals surface area contributed by atoms with Gasteiger partial charge in [-0.15, -0.1) is 11.8 Å². The van der Waals surface area contributed by atoms with Gasteiger partial charge in [0.1, 0.15) is 16.7 Å². The molecule has 0 amide bonds. The molecule has 0 aliphatic carbocycles. The van der Waals surface area contributed by atoms with Gasteiger partial charge in [-0.25, -0.2) is 9.97 Å². The van der Waals surface area contributed by atoms with Crippen molar-refractivity contribution in [1.82, 2.24) is 9.97 Å². The van der Waals surface area contributed by atoms with Crippen LogP contribution in [-0.4, -0.2) is 22.3 Å². The molecule has 4 heteroatoms. The summed E-state index contributed by atoms with van der Waals surface area (Å²) in [6.07, 6.45) is 1.10. The lowest BCUT2D eigenvalue weighted by atomic mass is 9.95. The Balaban J connectivity index is 3.13. The van der Waals surface area contributed by atoms with E-state index in [0.29, 0.717) is 5.92 Å². The second kappa shape index (κ2) is 7.30. The highest BCUT2D eigenvalue weighted by Crippen LogP contribution is 2.30.